The number of carbonyl (C=O) groups is 1. The zero-order chi connectivity index (χ0) is 15.0. The SMILES string of the molecule is CCC1(C)NC(C2CCCC2)N(CCC(F)(F)F)C1=O. The molecule has 6 heteroatoms. The molecule has 0 bridgehead atoms. The van der Waals surface area contributed by atoms with Gasteiger partial charge < -0.3 is 4.90 Å². The molecule has 116 valence electrons. The van der Waals surface area contributed by atoms with Crippen LogP contribution in [0.2, 0.25) is 0 Å². The van der Waals surface area contributed by atoms with E-state index in [4.69, 9.17) is 0 Å². The van der Waals surface area contributed by atoms with Crippen LogP contribution in [-0.4, -0.2) is 35.2 Å². The molecule has 0 aromatic heterocycles. The fraction of sp³-hybridized carbons (Fsp3) is 0.929. The van der Waals surface area contributed by atoms with Crippen LogP contribution in [0.1, 0.15) is 52.4 Å². The van der Waals surface area contributed by atoms with Crippen molar-refractivity contribution >= 4 is 5.91 Å². The third-order valence-corrected chi connectivity index (χ3v) is 4.72. The number of rotatable bonds is 4. The lowest BCUT2D eigenvalue weighted by molar-refractivity contribution is -0.146. The maximum absolute atomic E-state index is 12.5. The lowest BCUT2D eigenvalue weighted by Crippen LogP contribution is -2.45. The van der Waals surface area contributed by atoms with E-state index in [0.29, 0.717) is 12.3 Å². The van der Waals surface area contributed by atoms with E-state index in [9.17, 15) is 18.0 Å². The van der Waals surface area contributed by atoms with Crippen molar-refractivity contribution in [2.45, 2.75) is 70.3 Å². The summed E-state index contributed by atoms with van der Waals surface area (Å²) in [6, 6.07) is 0. The van der Waals surface area contributed by atoms with Crippen LogP contribution >= 0.6 is 0 Å². The van der Waals surface area contributed by atoms with E-state index in [1.807, 2.05) is 6.92 Å². The van der Waals surface area contributed by atoms with Gasteiger partial charge in [0.05, 0.1) is 18.1 Å². The number of amides is 1. The van der Waals surface area contributed by atoms with Crippen molar-refractivity contribution < 1.29 is 18.0 Å². The molecule has 1 aliphatic heterocycles. The molecule has 1 heterocycles. The molecular weight excluding hydrogens is 269 g/mol. The molecule has 1 amide bonds. The molecule has 1 saturated heterocycles. The molecule has 2 atom stereocenters. The first-order chi connectivity index (χ1) is 9.27. The van der Waals surface area contributed by atoms with Crippen molar-refractivity contribution in [3.8, 4) is 0 Å². The van der Waals surface area contributed by atoms with Crippen LogP contribution in [0.3, 0.4) is 0 Å². The average Bonchev–Trinajstić information content (AvgIpc) is 2.96. The Hall–Kier alpha value is -0.780. The minimum atomic E-state index is -4.22. The second kappa shape index (κ2) is 5.54. The summed E-state index contributed by atoms with van der Waals surface area (Å²) in [4.78, 5) is 13.9. The highest BCUT2D eigenvalue weighted by Crippen LogP contribution is 2.36. The van der Waals surface area contributed by atoms with Gasteiger partial charge in [0.15, 0.2) is 0 Å². The van der Waals surface area contributed by atoms with Gasteiger partial charge in [0, 0.05) is 6.54 Å². The van der Waals surface area contributed by atoms with Crippen molar-refractivity contribution in [2.24, 2.45) is 5.92 Å². The maximum atomic E-state index is 12.5. The molecule has 2 aliphatic rings. The molecule has 2 rings (SSSR count). The number of nitrogens with zero attached hydrogens (tertiary/aromatic N) is 1. The minimum Gasteiger partial charge on any atom is -0.325 e. The Bertz CT molecular complexity index is 366. The molecule has 3 nitrogen and oxygen atoms in total. The Morgan fingerprint density at radius 3 is 2.45 bits per heavy atom. The summed E-state index contributed by atoms with van der Waals surface area (Å²) in [7, 11) is 0. The van der Waals surface area contributed by atoms with E-state index in [1.165, 1.54) is 4.90 Å². The van der Waals surface area contributed by atoms with E-state index in [2.05, 4.69) is 5.32 Å². The van der Waals surface area contributed by atoms with Gasteiger partial charge in [0.25, 0.3) is 0 Å². The lowest BCUT2D eigenvalue weighted by atomic mass is 9.99. The molecule has 2 fully saturated rings. The highest BCUT2D eigenvalue weighted by molar-refractivity contribution is 5.88. The molecule has 1 N–H and O–H groups in total. The van der Waals surface area contributed by atoms with Gasteiger partial charge in [0.1, 0.15) is 0 Å². The lowest BCUT2D eigenvalue weighted by Gasteiger charge is -2.29. The molecular formula is C14H23F3N2O. The van der Waals surface area contributed by atoms with Crippen LogP contribution in [0.4, 0.5) is 13.2 Å². The highest BCUT2D eigenvalue weighted by atomic mass is 19.4. The van der Waals surface area contributed by atoms with Crippen molar-refractivity contribution in [3.05, 3.63) is 0 Å². The summed E-state index contributed by atoms with van der Waals surface area (Å²) in [5.74, 6) is 0.113. The summed E-state index contributed by atoms with van der Waals surface area (Å²) >= 11 is 0. The van der Waals surface area contributed by atoms with Crippen LogP contribution in [0.15, 0.2) is 0 Å². The Labute approximate surface area is 117 Å². The summed E-state index contributed by atoms with van der Waals surface area (Å²) in [6.45, 7) is 3.46. The number of hydrogen-bond donors (Lipinski definition) is 1. The van der Waals surface area contributed by atoms with Gasteiger partial charge in [-0.3, -0.25) is 10.1 Å². The number of hydrogen-bond acceptors (Lipinski definition) is 2. The fourth-order valence-corrected chi connectivity index (χ4v) is 3.30. The zero-order valence-electron chi connectivity index (χ0n) is 12.1. The summed E-state index contributed by atoms with van der Waals surface area (Å²) in [6.07, 6.45) is -0.579. The quantitative estimate of drug-likeness (QED) is 0.863. The Morgan fingerprint density at radius 2 is 1.95 bits per heavy atom. The summed E-state index contributed by atoms with van der Waals surface area (Å²) in [5.41, 5.74) is -0.709. The smallest absolute Gasteiger partial charge is 0.325 e. The van der Waals surface area contributed by atoms with E-state index >= 15 is 0 Å². The van der Waals surface area contributed by atoms with Crippen molar-refractivity contribution in [1.29, 1.82) is 0 Å². The van der Waals surface area contributed by atoms with E-state index in [-0.39, 0.29) is 18.6 Å². The number of alkyl halides is 3. The fourth-order valence-electron chi connectivity index (χ4n) is 3.30. The summed E-state index contributed by atoms with van der Waals surface area (Å²) < 4.78 is 37.4. The van der Waals surface area contributed by atoms with Gasteiger partial charge in [-0.25, -0.2) is 0 Å². The van der Waals surface area contributed by atoms with Crippen LogP contribution in [-0.2, 0) is 4.79 Å². The second-order valence-electron chi connectivity index (χ2n) is 6.18. The minimum absolute atomic E-state index is 0.179. The predicted molar refractivity (Wildman–Crippen MR) is 70.0 cm³/mol. The van der Waals surface area contributed by atoms with Crippen LogP contribution in [0.5, 0.6) is 0 Å². The highest BCUT2D eigenvalue weighted by Gasteiger charge is 2.49. The van der Waals surface area contributed by atoms with Gasteiger partial charge in [-0.05, 0) is 32.1 Å². The van der Waals surface area contributed by atoms with Crippen molar-refractivity contribution in [3.63, 3.8) is 0 Å². The standard InChI is InChI=1S/C14H23F3N2O/c1-3-13(2)12(20)19(9-8-14(15,16)17)11(18-13)10-6-4-5-7-10/h10-11,18H,3-9H2,1-2H3. The van der Waals surface area contributed by atoms with Crippen molar-refractivity contribution in [1.82, 2.24) is 10.2 Å². The molecule has 1 saturated carbocycles. The van der Waals surface area contributed by atoms with Crippen LogP contribution in [0, 0.1) is 5.92 Å². The van der Waals surface area contributed by atoms with Crippen LogP contribution in [0.25, 0.3) is 0 Å². The summed E-state index contributed by atoms with van der Waals surface area (Å²) in [5, 5.41) is 3.30. The third-order valence-electron chi connectivity index (χ3n) is 4.72. The molecule has 0 aromatic carbocycles. The first-order valence-electron chi connectivity index (χ1n) is 7.42. The van der Waals surface area contributed by atoms with E-state index in [1.54, 1.807) is 6.92 Å². The number of carbonyl (C=O) groups excluding carboxylic acids is 1. The number of nitrogens with one attached hydrogen (secondary N) is 1. The van der Waals surface area contributed by atoms with Gasteiger partial charge in [-0.15, -0.1) is 0 Å². The zero-order valence-corrected chi connectivity index (χ0v) is 12.1. The van der Waals surface area contributed by atoms with E-state index in [0.717, 1.165) is 25.7 Å². The van der Waals surface area contributed by atoms with Crippen molar-refractivity contribution in [2.75, 3.05) is 6.54 Å². The molecule has 1 aliphatic carbocycles. The van der Waals surface area contributed by atoms with E-state index < -0.39 is 18.1 Å². The molecule has 0 aromatic rings. The average molecular weight is 292 g/mol. The Morgan fingerprint density at radius 1 is 1.35 bits per heavy atom. The second-order valence-corrected chi connectivity index (χ2v) is 6.18. The van der Waals surface area contributed by atoms with Gasteiger partial charge in [-0.2, -0.15) is 13.2 Å². The monoisotopic (exact) mass is 292 g/mol. The largest absolute Gasteiger partial charge is 0.390 e. The normalized spacial score (nSPS) is 32.4. The molecule has 0 spiro atoms. The third kappa shape index (κ3) is 3.10. The van der Waals surface area contributed by atoms with Crippen LogP contribution < -0.4 is 5.32 Å². The Kier molecular flexibility index (Phi) is 4.33. The molecule has 2 unspecified atom stereocenters. The maximum Gasteiger partial charge on any atom is 0.390 e. The molecule has 20 heavy (non-hydrogen) atoms. The van der Waals surface area contributed by atoms with Gasteiger partial charge in [-0.1, -0.05) is 19.8 Å². The first kappa shape index (κ1) is 15.6. The first-order valence-corrected chi connectivity index (χ1v) is 7.42. The molecule has 0 radical (unpaired) electrons. The van der Waals surface area contributed by atoms with Gasteiger partial charge in [0.2, 0.25) is 5.91 Å². The number of halogens is 3. The Balaban J connectivity index is 2.12. The topological polar surface area (TPSA) is 32.3 Å². The predicted octanol–water partition coefficient (Wildman–Crippen LogP) is 3.06. The van der Waals surface area contributed by atoms with Gasteiger partial charge >= 0.3 is 6.18 Å².